The quantitative estimate of drug-likeness (QED) is 0.572. The fraction of sp³-hybridized carbons (Fsp3) is 0.455. The van der Waals surface area contributed by atoms with Gasteiger partial charge in [0.15, 0.2) is 10.9 Å². The monoisotopic (exact) mass is 319 g/mol. The smallest absolute Gasteiger partial charge is 0.306 e. The molecule has 0 aromatic carbocycles. The molecule has 1 rings (SSSR count). The van der Waals surface area contributed by atoms with Gasteiger partial charge in [-0.1, -0.05) is 23.4 Å². The van der Waals surface area contributed by atoms with Crippen molar-refractivity contribution in [2.45, 2.75) is 17.7 Å². The molecular formula is C11H14ClN3O4S. The number of carbonyl (C=O) groups is 2. The van der Waals surface area contributed by atoms with Crippen LogP contribution in [-0.2, 0) is 9.53 Å². The Hall–Kier alpha value is -1.38. The van der Waals surface area contributed by atoms with Gasteiger partial charge in [0.05, 0.1) is 23.7 Å². The number of carboxylic acids is 1. The van der Waals surface area contributed by atoms with Crippen LogP contribution in [0.2, 0.25) is 5.02 Å². The van der Waals surface area contributed by atoms with Crippen molar-refractivity contribution in [1.82, 2.24) is 15.3 Å². The van der Waals surface area contributed by atoms with Crippen LogP contribution in [0.4, 0.5) is 0 Å². The highest BCUT2D eigenvalue weighted by molar-refractivity contribution is 7.98. The van der Waals surface area contributed by atoms with Gasteiger partial charge in [0, 0.05) is 13.7 Å². The lowest BCUT2D eigenvalue weighted by Crippen LogP contribution is -2.35. The Morgan fingerprint density at radius 2 is 2.30 bits per heavy atom. The Balaban J connectivity index is 2.68. The number of amides is 1. The minimum absolute atomic E-state index is 0.0520. The molecule has 0 bridgehead atoms. The summed E-state index contributed by atoms with van der Waals surface area (Å²) in [6.45, 7) is 0.0521. The van der Waals surface area contributed by atoms with Gasteiger partial charge < -0.3 is 15.2 Å². The Morgan fingerprint density at radius 1 is 1.60 bits per heavy atom. The summed E-state index contributed by atoms with van der Waals surface area (Å²) in [6, 6.07) is 0. The second kappa shape index (κ2) is 8.03. The predicted octanol–water partition coefficient (Wildman–Crippen LogP) is 1.07. The first-order valence-electron chi connectivity index (χ1n) is 5.57. The van der Waals surface area contributed by atoms with Crippen LogP contribution in [0.3, 0.4) is 0 Å². The molecule has 1 unspecified atom stereocenters. The van der Waals surface area contributed by atoms with Crippen molar-refractivity contribution in [3.8, 4) is 0 Å². The number of aromatic nitrogens is 2. The summed E-state index contributed by atoms with van der Waals surface area (Å²) < 4.78 is 4.96. The average Bonchev–Trinajstić information content (AvgIpc) is 2.43. The van der Waals surface area contributed by atoms with Crippen molar-refractivity contribution in [2.75, 3.05) is 19.9 Å². The van der Waals surface area contributed by atoms with Crippen LogP contribution in [0.5, 0.6) is 0 Å². The molecule has 2 N–H and O–H groups in total. The summed E-state index contributed by atoms with van der Waals surface area (Å²) >= 11 is 7.14. The molecule has 1 atom stereocenters. The fourth-order valence-electron chi connectivity index (χ4n) is 1.33. The molecule has 0 aliphatic rings. The van der Waals surface area contributed by atoms with E-state index in [4.69, 9.17) is 21.4 Å². The van der Waals surface area contributed by atoms with Crippen LogP contribution in [0.1, 0.15) is 16.9 Å². The van der Waals surface area contributed by atoms with E-state index in [-0.39, 0.29) is 23.7 Å². The van der Waals surface area contributed by atoms with Gasteiger partial charge in [0.1, 0.15) is 0 Å². The van der Waals surface area contributed by atoms with Crippen LogP contribution in [0, 0.1) is 0 Å². The number of carboxylic acid groups (broad SMARTS) is 1. The standard InChI is InChI=1S/C11H14ClN3O4S/c1-19-6(3-8(16)17)4-13-10(18)9-7(12)5-14-11(15-9)20-2/h5-6H,3-4H2,1-2H3,(H,13,18)(H,16,17). The maximum Gasteiger partial charge on any atom is 0.306 e. The van der Waals surface area contributed by atoms with E-state index in [0.717, 1.165) is 0 Å². The van der Waals surface area contributed by atoms with Crippen LogP contribution in [-0.4, -0.2) is 53.0 Å². The number of thioether (sulfide) groups is 1. The molecule has 0 saturated carbocycles. The van der Waals surface area contributed by atoms with E-state index in [0.29, 0.717) is 5.16 Å². The highest BCUT2D eigenvalue weighted by atomic mass is 35.5. The van der Waals surface area contributed by atoms with E-state index in [1.54, 1.807) is 6.26 Å². The van der Waals surface area contributed by atoms with Crippen LogP contribution in [0.15, 0.2) is 11.4 Å². The number of methoxy groups -OCH3 is 1. The first-order chi connectivity index (χ1) is 9.47. The third kappa shape index (κ3) is 4.95. The summed E-state index contributed by atoms with van der Waals surface area (Å²) in [5.74, 6) is -1.50. The highest BCUT2D eigenvalue weighted by Crippen LogP contribution is 2.16. The Labute approximate surface area is 125 Å². The lowest BCUT2D eigenvalue weighted by Gasteiger charge is -2.14. The van der Waals surface area contributed by atoms with E-state index in [9.17, 15) is 9.59 Å². The molecule has 9 heteroatoms. The van der Waals surface area contributed by atoms with Crippen LogP contribution in [0.25, 0.3) is 0 Å². The van der Waals surface area contributed by atoms with Gasteiger partial charge in [-0.25, -0.2) is 9.97 Å². The van der Waals surface area contributed by atoms with Gasteiger partial charge in [-0.3, -0.25) is 9.59 Å². The largest absolute Gasteiger partial charge is 0.481 e. The zero-order chi connectivity index (χ0) is 15.1. The highest BCUT2D eigenvalue weighted by Gasteiger charge is 2.17. The topological polar surface area (TPSA) is 101 Å². The third-order valence-electron chi connectivity index (χ3n) is 2.35. The Morgan fingerprint density at radius 3 is 2.85 bits per heavy atom. The molecule has 0 saturated heterocycles. The van der Waals surface area contributed by atoms with Gasteiger partial charge in [0.2, 0.25) is 0 Å². The van der Waals surface area contributed by atoms with Gasteiger partial charge >= 0.3 is 5.97 Å². The van der Waals surface area contributed by atoms with Gasteiger partial charge in [-0.2, -0.15) is 0 Å². The second-order valence-corrected chi connectivity index (χ2v) is 4.90. The summed E-state index contributed by atoms with van der Waals surface area (Å²) in [6.07, 6.45) is 2.31. The molecule has 0 aliphatic carbocycles. The number of rotatable bonds is 7. The number of aliphatic carboxylic acids is 1. The maximum absolute atomic E-state index is 11.9. The normalized spacial score (nSPS) is 11.9. The molecule has 1 aromatic heterocycles. The van der Waals surface area contributed by atoms with Gasteiger partial charge in [-0.05, 0) is 6.26 Å². The third-order valence-corrected chi connectivity index (χ3v) is 3.18. The van der Waals surface area contributed by atoms with E-state index < -0.39 is 18.0 Å². The predicted molar refractivity (Wildman–Crippen MR) is 74.2 cm³/mol. The Kier molecular flexibility index (Phi) is 6.69. The van der Waals surface area contributed by atoms with Crippen molar-refractivity contribution in [1.29, 1.82) is 0 Å². The number of carbonyl (C=O) groups excluding carboxylic acids is 1. The molecule has 1 aromatic rings. The molecule has 0 fully saturated rings. The number of hydrogen-bond acceptors (Lipinski definition) is 6. The molecule has 110 valence electrons. The zero-order valence-electron chi connectivity index (χ0n) is 10.9. The minimum Gasteiger partial charge on any atom is -0.481 e. The van der Waals surface area contributed by atoms with Crippen LogP contribution < -0.4 is 5.32 Å². The summed E-state index contributed by atoms with van der Waals surface area (Å²) in [4.78, 5) is 30.5. The van der Waals surface area contributed by atoms with E-state index in [2.05, 4.69) is 15.3 Å². The number of nitrogens with one attached hydrogen (secondary N) is 1. The lowest BCUT2D eigenvalue weighted by molar-refractivity contribution is -0.139. The van der Waals surface area contributed by atoms with Crippen molar-refractivity contribution in [2.24, 2.45) is 0 Å². The van der Waals surface area contributed by atoms with Gasteiger partial charge in [0.25, 0.3) is 5.91 Å². The van der Waals surface area contributed by atoms with Crippen molar-refractivity contribution < 1.29 is 19.4 Å². The summed E-state index contributed by atoms with van der Waals surface area (Å²) in [5.41, 5.74) is 0.0520. The Bertz CT molecular complexity index is 501. The SMILES string of the molecule is COC(CNC(=O)c1nc(SC)ncc1Cl)CC(=O)O. The molecule has 1 amide bonds. The summed E-state index contributed by atoms with van der Waals surface area (Å²) in [7, 11) is 1.38. The van der Waals surface area contributed by atoms with E-state index >= 15 is 0 Å². The number of hydrogen-bond donors (Lipinski definition) is 2. The maximum atomic E-state index is 11.9. The van der Waals surface area contributed by atoms with Gasteiger partial charge in [-0.15, -0.1) is 0 Å². The number of nitrogens with zero attached hydrogens (tertiary/aromatic N) is 2. The molecule has 20 heavy (non-hydrogen) atoms. The molecule has 0 radical (unpaired) electrons. The molecule has 1 heterocycles. The lowest BCUT2D eigenvalue weighted by atomic mass is 10.2. The molecule has 7 nitrogen and oxygen atoms in total. The molecule has 0 aliphatic heterocycles. The van der Waals surface area contributed by atoms with Crippen molar-refractivity contribution in [3.63, 3.8) is 0 Å². The second-order valence-electron chi connectivity index (χ2n) is 3.72. The summed E-state index contributed by atoms with van der Waals surface area (Å²) in [5, 5.41) is 11.8. The van der Waals surface area contributed by atoms with Crippen molar-refractivity contribution in [3.05, 3.63) is 16.9 Å². The van der Waals surface area contributed by atoms with E-state index in [1.165, 1.54) is 25.1 Å². The van der Waals surface area contributed by atoms with Crippen LogP contribution >= 0.6 is 23.4 Å². The minimum atomic E-state index is -1.00. The van der Waals surface area contributed by atoms with Crippen molar-refractivity contribution >= 4 is 35.2 Å². The molecule has 0 spiro atoms. The molecular weight excluding hydrogens is 306 g/mol. The number of ether oxygens (including phenoxy) is 1. The fourth-order valence-corrected chi connectivity index (χ4v) is 1.85. The average molecular weight is 320 g/mol. The first kappa shape index (κ1) is 16.7. The number of halogens is 1. The zero-order valence-corrected chi connectivity index (χ0v) is 12.5. The van der Waals surface area contributed by atoms with E-state index in [1.807, 2.05) is 0 Å². The first-order valence-corrected chi connectivity index (χ1v) is 7.17.